The summed E-state index contributed by atoms with van der Waals surface area (Å²) in [5.74, 6) is 0.761. The summed E-state index contributed by atoms with van der Waals surface area (Å²) in [7, 11) is 0. The van der Waals surface area contributed by atoms with Crippen LogP contribution < -0.4 is 5.73 Å². The van der Waals surface area contributed by atoms with Gasteiger partial charge in [0.1, 0.15) is 0 Å². The van der Waals surface area contributed by atoms with E-state index in [0.29, 0.717) is 0 Å². The average Bonchev–Trinajstić information content (AvgIpc) is 2.35. The van der Waals surface area contributed by atoms with Crippen molar-refractivity contribution in [3.8, 4) is 0 Å². The van der Waals surface area contributed by atoms with Gasteiger partial charge in [0.15, 0.2) is 0 Å². The van der Waals surface area contributed by atoms with Gasteiger partial charge in [-0.2, -0.15) is 0 Å². The van der Waals surface area contributed by atoms with Crippen LogP contribution in [0.3, 0.4) is 0 Å². The zero-order chi connectivity index (χ0) is 14.8. The summed E-state index contributed by atoms with van der Waals surface area (Å²) in [6.45, 7) is 11.4. The Labute approximate surface area is 124 Å². The standard InChI is InChI=1S/C18H30N2/c1-17(2)12-16(10-11-19)13-18(3,4)20(17)14-15-8-6-5-7-9-15/h5-9,16H,10-14,19H2,1-4H3. The number of nitrogens with zero attached hydrogens (tertiary/aromatic N) is 1. The van der Waals surface area contributed by atoms with Crippen LogP contribution in [0.2, 0.25) is 0 Å². The van der Waals surface area contributed by atoms with Crippen LogP contribution in [-0.4, -0.2) is 22.5 Å². The molecule has 0 atom stereocenters. The molecule has 1 heterocycles. The maximum atomic E-state index is 5.78. The van der Waals surface area contributed by atoms with E-state index < -0.39 is 0 Å². The highest BCUT2D eigenvalue weighted by Crippen LogP contribution is 2.43. The third kappa shape index (κ3) is 3.42. The second-order valence-electron chi connectivity index (χ2n) is 7.55. The first-order valence-corrected chi connectivity index (χ1v) is 7.87. The molecular weight excluding hydrogens is 244 g/mol. The fraction of sp³-hybridized carbons (Fsp3) is 0.667. The number of hydrogen-bond acceptors (Lipinski definition) is 2. The molecule has 20 heavy (non-hydrogen) atoms. The van der Waals surface area contributed by atoms with E-state index in [0.717, 1.165) is 25.4 Å². The molecule has 2 nitrogen and oxygen atoms in total. The molecular formula is C18H30N2. The highest BCUT2D eigenvalue weighted by molar-refractivity contribution is 5.16. The van der Waals surface area contributed by atoms with E-state index >= 15 is 0 Å². The molecule has 1 aromatic rings. The summed E-state index contributed by atoms with van der Waals surface area (Å²) in [4.78, 5) is 2.68. The molecule has 2 heteroatoms. The maximum Gasteiger partial charge on any atom is 0.0244 e. The molecule has 0 bridgehead atoms. The van der Waals surface area contributed by atoms with Crippen molar-refractivity contribution >= 4 is 0 Å². The molecule has 1 fully saturated rings. The van der Waals surface area contributed by atoms with E-state index in [1.807, 2.05) is 0 Å². The van der Waals surface area contributed by atoms with Crippen molar-refractivity contribution in [2.24, 2.45) is 11.7 Å². The van der Waals surface area contributed by atoms with Gasteiger partial charge in [0, 0.05) is 17.6 Å². The minimum absolute atomic E-state index is 0.234. The first-order chi connectivity index (χ1) is 9.35. The highest BCUT2D eigenvalue weighted by Gasteiger charge is 2.44. The quantitative estimate of drug-likeness (QED) is 0.904. The summed E-state index contributed by atoms with van der Waals surface area (Å²) in [6.07, 6.45) is 3.66. The average molecular weight is 274 g/mol. The van der Waals surface area contributed by atoms with E-state index in [1.54, 1.807) is 0 Å². The highest BCUT2D eigenvalue weighted by atomic mass is 15.3. The minimum Gasteiger partial charge on any atom is -0.330 e. The number of likely N-dealkylation sites (tertiary alicyclic amines) is 1. The molecule has 1 aliphatic rings. The molecule has 0 unspecified atom stereocenters. The molecule has 2 rings (SSSR count). The van der Waals surface area contributed by atoms with Crippen LogP contribution in [0, 0.1) is 5.92 Å². The summed E-state index contributed by atoms with van der Waals surface area (Å²) in [6, 6.07) is 10.8. The van der Waals surface area contributed by atoms with Crippen molar-refractivity contribution in [3.63, 3.8) is 0 Å². The van der Waals surface area contributed by atoms with Crippen LogP contribution in [0.5, 0.6) is 0 Å². The summed E-state index contributed by atoms with van der Waals surface area (Å²) >= 11 is 0. The number of nitrogens with two attached hydrogens (primary N) is 1. The van der Waals surface area contributed by atoms with E-state index in [4.69, 9.17) is 5.73 Å². The SMILES string of the molecule is CC1(C)CC(CCN)CC(C)(C)N1Cc1ccccc1. The Morgan fingerprint density at radius 1 is 1.05 bits per heavy atom. The fourth-order valence-corrected chi connectivity index (χ4v) is 4.16. The predicted octanol–water partition coefficient (Wildman–Crippen LogP) is 3.80. The van der Waals surface area contributed by atoms with Crippen molar-refractivity contribution in [1.82, 2.24) is 4.90 Å². The summed E-state index contributed by atoms with van der Waals surface area (Å²) in [5.41, 5.74) is 7.66. The monoisotopic (exact) mass is 274 g/mol. The third-order valence-corrected chi connectivity index (χ3v) is 4.80. The number of hydrogen-bond donors (Lipinski definition) is 1. The lowest BCUT2D eigenvalue weighted by Gasteiger charge is -2.55. The predicted molar refractivity (Wildman–Crippen MR) is 86.5 cm³/mol. The Balaban J connectivity index is 2.18. The van der Waals surface area contributed by atoms with Gasteiger partial charge in [-0.1, -0.05) is 30.3 Å². The molecule has 0 amide bonds. The van der Waals surface area contributed by atoms with Crippen LogP contribution in [0.15, 0.2) is 30.3 Å². The van der Waals surface area contributed by atoms with Crippen LogP contribution >= 0.6 is 0 Å². The second-order valence-corrected chi connectivity index (χ2v) is 7.55. The largest absolute Gasteiger partial charge is 0.330 e. The first-order valence-electron chi connectivity index (χ1n) is 7.87. The third-order valence-electron chi connectivity index (χ3n) is 4.80. The fourth-order valence-electron chi connectivity index (χ4n) is 4.16. The van der Waals surface area contributed by atoms with Gasteiger partial charge in [-0.3, -0.25) is 4.90 Å². The number of rotatable bonds is 4. The molecule has 1 aromatic carbocycles. The lowest BCUT2D eigenvalue weighted by molar-refractivity contribution is -0.0591. The molecule has 112 valence electrons. The number of piperidine rings is 1. The second kappa shape index (κ2) is 5.87. The Morgan fingerprint density at radius 3 is 2.10 bits per heavy atom. The van der Waals surface area contributed by atoms with Crippen molar-refractivity contribution in [2.45, 2.75) is 64.6 Å². The topological polar surface area (TPSA) is 29.3 Å². The van der Waals surface area contributed by atoms with E-state index in [9.17, 15) is 0 Å². The van der Waals surface area contributed by atoms with Gasteiger partial charge in [-0.05, 0) is 65.0 Å². The number of benzene rings is 1. The van der Waals surface area contributed by atoms with Gasteiger partial charge in [-0.25, -0.2) is 0 Å². The van der Waals surface area contributed by atoms with Gasteiger partial charge in [-0.15, -0.1) is 0 Å². The Morgan fingerprint density at radius 2 is 1.60 bits per heavy atom. The van der Waals surface area contributed by atoms with E-state index in [-0.39, 0.29) is 11.1 Å². The molecule has 1 aliphatic heterocycles. The zero-order valence-electron chi connectivity index (χ0n) is 13.5. The van der Waals surface area contributed by atoms with E-state index in [2.05, 4.69) is 62.9 Å². The van der Waals surface area contributed by atoms with E-state index in [1.165, 1.54) is 18.4 Å². The van der Waals surface area contributed by atoms with Crippen LogP contribution in [0.4, 0.5) is 0 Å². The summed E-state index contributed by atoms with van der Waals surface area (Å²) < 4.78 is 0. The Bertz CT molecular complexity index is 404. The van der Waals surface area contributed by atoms with Gasteiger partial charge in [0.05, 0.1) is 0 Å². The molecule has 0 aliphatic carbocycles. The molecule has 0 radical (unpaired) electrons. The molecule has 0 saturated carbocycles. The van der Waals surface area contributed by atoms with Crippen molar-refractivity contribution in [3.05, 3.63) is 35.9 Å². The first kappa shape index (κ1) is 15.5. The Hall–Kier alpha value is -0.860. The molecule has 0 aromatic heterocycles. The Kier molecular flexibility index (Phi) is 4.55. The van der Waals surface area contributed by atoms with Crippen molar-refractivity contribution in [2.75, 3.05) is 6.54 Å². The normalized spacial score (nSPS) is 22.9. The van der Waals surface area contributed by atoms with Gasteiger partial charge in [0.25, 0.3) is 0 Å². The van der Waals surface area contributed by atoms with Gasteiger partial charge >= 0.3 is 0 Å². The van der Waals surface area contributed by atoms with Gasteiger partial charge < -0.3 is 5.73 Å². The lowest BCUT2D eigenvalue weighted by atomic mass is 9.72. The van der Waals surface area contributed by atoms with Crippen LogP contribution in [-0.2, 0) is 6.54 Å². The van der Waals surface area contributed by atoms with Crippen molar-refractivity contribution in [1.29, 1.82) is 0 Å². The van der Waals surface area contributed by atoms with Crippen LogP contribution in [0.1, 0.15) is 52.5 Å². The maximum absolute atomic E-state index is 5.78. The van der Waals surface area contributed by atoms with Gasteiger partial charge in [0.2, 0.25) is 0 Å². The minimum atomic E-state index is 0.234. The lowest BCUT2D eigenvalue weighted by Crippen LogP contribution is -2.60. The molecule has 2 N–H and O–H groups in total. The van der Waals surface area contributed by atoms with Crippen molar-refractivity contribution < 1.29 is 0 Å². The molecule has 0 spiro atoms. The van der Waals surface area contributed by atoms with Crippen LogP contribution in [0.25, 0.3) is 0 Å². The zero-order valence-corrected chi connectivity index (χ0v) is 13.5. The summed E-state index contributed by atoms with van der Waals surface area (Å²) in [5, 5.41) is 0. The smallest absolute Gasteiger partial charge is 0.0244 e. The molecule has 1 saturated heterocycles.